The van der Waals surface area contributed by atoms with Crippen molar-refractivity contribution in [3.8, 4) is 11.4 Å². The minimum absolute atomic E-state index is 0.0462. The van der Waals surface area contributed by atoms with E-state index in [0.717, 1.165) is 22.6 Å². The van der Waals surface area contributed by atoms with Crippen molar-refractivity contribution in [2.45, 2.75) is 13.5 Å². The van der Waals surface area contributed by atoms with Crippen LogP contribution in [0.25, 0.3) is 11.4 Å². The van der Waals surface area contributed by atoms with E-state index >= 15 is 0 Å². The Bertz CT molecular complexity index is 929. The van der Waals surface area contributed by atoms with Gasteiger partial charge in [0.2, 0.25) is 5.91 Å². The van der Waals surface area contributed by atoms with Gasteiger partial charge in [0.15, 0.2) is 0 Å². The van der Waals surface area contributed by atoms with Crippen LogP contribution in [0.2, 0.25) is 0 Å². The van der Waals surface area contributed by atoms with Gasteiger partial charge in [-0.05, 0) is 17.7 Å². The summed E-state index contributed by atoms with van der Waals surface area (Å²) >= 11 is 0. The molecule has 25 heavy (non-hydrogen) atoms. The molecule has 1 aromatic heterocycles. The minimum atomic E-state index is -0.115. The number of imidazole rings is 1. The fraction of sp³-hybridized carbons (Fsp3) is 0.105. The highest BCUT2D eigenvalue weighted by molar-refractivity contribution is 5.96. The minimum Gasteiger partial charge on any atom is -0.384 e. The van der Waals surface area contributed by atoms with E-state index in [1.54, 1.807) is 6.20 Å². The molecule has 0 radical (unpaired) electrons. The summed E-state index contributed by atoms with van der Waals surface area (Å²) in [5.74, 6) is 0.714. The zero-order valence-corrected chi connectivity index (χ0v) is 13.9. The van der Waals surface area contributed by atoms with E-state index < -0.39 is 0 Å². The molecule has 0 unspecified atom stereocenters. The second-order valence-corrected chi connectivity index (χ2v) is 5.71. The Labute approximate surface area is 145 Å². The average Bonchev–Trinajstić information content (AvgIpc) is 3.03. The number of benzene rings is 2. The molecule has 0 atom stereocenters. The standard InChI is InChI=1S/C19H19N5O/c1-13(25)23-16-7-4-6-14(11-16)19-22-9-10-24(19)12-15-5-2-3-8-17(15)18(20)21/h2-11H,12H2,1H3,(H3,20,21)(H,23,25). The fourth-order valence-corrected chi connectivity index (χ4v) is 2.74. The number of amides is 1. The van der Waals surface area contributed by atoms with Gasteiger partial charge in [0.1, 0.15) is 11.7 Å². The predicted molar refractivity (Wildman–Crippen MR) is 98.5 cm³/mol. The number of nitrogens with one attached hydrogen (secondary N) is 2. The molecule has 3 rings (SSSR count). The highest BCUT2D eigenvalue weighted by Crippen LogP contribution is 2.23. The van der Waals surface area contributed by atoms with Gasteiger partial charge in [-0.15, -0.1) is 0 Å². The van der Waals surface area contributed by atoms with Gasteiger partial charge in [-0.2, -0.15) is 0 Å². The third-order valence-electron chi connectivity index (χ3n) is 3.80. The molecule has 3 aromatic rings. The molecule has 0 aliphatic rings. The van der Waals surface area contributed by atoms with Crippen LogP contribution in [0.1, 0.15) is 18.1 Å². The molecule has 6 heteroatoms. The monoisotopic (exact) mass is 333 g/mol. The maximum Gasteiger partial charge on any atom is 0.221 e. The Morgan fingerprint density at radius 1 is 1.24 bits per heavy atom. The van der Waals surface area contributed by atoms with Crippen LogP contribution in [-0.2, 0) is 11.3 Å². The molecule has 0 saturated heterocycles. The summed E-state index contributed by atoms with van der Waals surface area (Å²) < 4.78 is 1.99. The molecule has 0 fully saturated rings. The molecule has 0 bridgehead atoms. The first-order valence-electron chi connectivity index (χ1n) is 7.86. The third kappa shape index (κ3) is 3.74. The number of hydrogen-bond acceptors (Lipinski definition) is 3. The molecule has 126 valence electrons. The lowest BCUT2D eigenvalue weighted by Gasteiger charge is -2.12. The zero-order chi connectivity index (χ0) is 17.8. The Morgan fingerprint density at radius 3 is 2.80 bits per heavy atom. The van der Waals surface area contributed by atoms with E-state index in [2.05, 4.69) is 10.3 Å². The van der Waals surface area contributed by atoms with E-state index in [1.807, 2.05) is 59.3 Å². The van der Waals surface area contributed by atoms with Crippen molar-refractivity contribution >= 4 is 17.4 Å². The molecule has 2 aromatic carbocycles. The molecule has 0 saturated carbocycles. The Balaban J connectivity index is 1.94. The van der Waals surface area contributed by atoms with Crippen molar-refractivity contribution in [3.05, 3.63) is 72.1 Å². The van der Waals surface area contributed by atoms with Gasteiger partial charge >= 0.3 is 0 Å². The summed E-state index contributed by atoms with van der Waals surface area (Å²) in [5.41, 5.74) is 8.97. The second-order valence-electron chi connectivity index (χ2n) is 5.71. The van der Waals surface area contributed by atoms with Crippen molar-refractivity contribution in [2.24, 2.45) is 5.73 Å². The third-order valence-corrected chi connectivity index (χ3v) is 3.80. The number of amidine groups is 1. The van der Waals surface area contributed by atoms with Gasteiger partial charge < -0.3 is 15.6 Å². The number of anilines is 1. The summed E-state index contributed by atoms with van der Waals surface area (Å²) in [5, 5.41) is 10.5. The van der Waals surface area contributed by atoms with Gasteiger partial charge in [-0.3, -0.25) is 10.2 Å². The van der Waals surface area contributed by atoms with Crippen molar-refractivity contribution in [2.75, 3.05) is 5.32 Å². The van der Waals surface area contributed by atoms with Crippen molar-refractivity contribution < 1.29 is 4.79 Å². The smallest absolute Gasteiger partial charge is 0.221 e. The van der Waals surface area contributed by atoms with Gasteiger partial charge in [0.25, 0.3) is 0 Å². The first-order valence-corrected chi connectivity index (χ1v) is 7.86. The summed E-state index contributed by atoms with van der Waals surface area (Å²) in [6.07, 6.45) is 3.62. The number of carbonyl (C=O) groups excluding carboxylic acids is 1. The highest BCUT2D eigenvalue weighted by atomic mass is 16.1. The molecular weight excluding hydrogens is 314 g/mol. The van der Waals surface area contributed by atoms with Crippen molar-refractivity contribution in [1.82, 2.24) is 9.55 Å². The van der Waals surface area contributed by atoms with Gasteiger partial charge in [0.05, 0.1) is 0 Å². The molecule has 0 aliphatic carbocycles. The lowest BCUT2D eigenvalue weighted by atomic mass is 10.1. The molecule has 6 nitrogen and oxygen atoms in total. The topological polar surface area (TPSA) is 96.8 Å². The van der Waals surface area contributed by atoms with E-state index in [9.17, 15) is 4.79 Å². The van der Waals surface area contributed by atoms with Crippen LogP contribution in [0.15, 0.2) is 60.9 Å². The number of nitrogen functional groups attached to an aromatic ring is 1. The molecule has 1 heterocycles. The lowest BCUT2D eigenvalue weighted by molar-refractivity contribution is -0.114. The molecule has 1 amide bonds. The molecule has 0 spiro atoms. The Hall–Kier alpha value is -3.41. The zero-order valence-electron chi connectivity index (χ0n) is 13.9. The summed E-state index contributed by atoms with van der Waals surface area (Å²) in [6.45, 7) is 2.03. The SMILES string of the molecule is CC(=O)Nc1cccc(-c2nccn2Cc2ccccc2C(=N)N)c1. The van der Waals surface area contributed by atoms with Crippen LogP contribution in [0.5, 0.6) is 0 Å². The fourth-order valence-electron chi connectivity index (χ4n) is 2.74. The van der Waals surface area contributed by atoms with Crippen LogP contribution < -0.4 is 11.1 Å². The van der Waals surface area contributed by atoms with Gasteiger partial charge in [-0.1, -0.05) is 36.4 Å². The second kappa shape index (κ2) is 7.00. The summed E-state index contributed by atoms with van der Waals surface area (Å²) in [4.78, 5) is 15.7. The van der Waals surface area contributed by atoms with Crippen LogP contribution in [0.4, 0.5) is 5.69 Å². The first-order chi connectivity index (χ1) is 12.0. The number of aromatic nitrogens is 2. The largest absolute Gasteiger partial charge is 0.384 e. The average molecular weight is 333 g/mol. The Kier molecular flexibility index (Phi) is 4.61. The summed E-state index contributed by atoms with van der Waals surface area (Å²) in [7, 11) is 0. The van der Waals surface area contributed by atoms with E-state index in [1.165, 1.54) is 6.92 Å². The number of hydrogen-bond donors (Lipinski definition) is 3. The number of rotatable bonds is 5. The molecule has 4 N–H and O–H groups in total. The first kappa shape index (κ1) is 16.4. The highest BCUT2D eigenvalue weighted by Gasteiger charge is 2.10. The normalized spacial score (nSPS) is 10.4. The van der Waals surface area contributed by atoms with Gasteiger partial charge in [0, 0.05) is 42.7 Å². The Morgan fingerprint density at radius 2 is 2.04 bits per heavy atom. The quantitative estimate of drug-likeness (QED) is 0.495. The van der Waals surface area contributed by atoms with Crippen molar-refractivity contribution in [3.63, 3.8) is 0 Å². The predicted octanol–water partition coefficient (Wildman–Crippen LogP) is 2.84. The van der Waals surface area contributed by atoms with Crippen LogP contribution in [0.3, 0.4) is 0 Å². The van der Waals surface area contributed by atoms with Crippen LogP contribution >= 0.6 is 0 Å². The van der Waals surface area contributed by atoms with Crippen LogP contribution in [-0.4, -0.2) is 21.3 Å². The maximum absolute atomic E-state index is 11.3. The number of nitrogens with two attached hydrogens (primary N) is 1. The van der Waals surface area contributed by atoms with Crippen molar-refractivity contribution in [1.29, 1.82) is 5.41 Å². The van der Waals surface area contributed by atoms with E-state index in [0.29, 0.717) is 12.1 Å². The number of nitrogens with zero attached hydrogens (tertiary/aromatic N) is 2. The lowest BCUT2D eigenvalue weighted by Crippen LogP contribution is -2.15. The maximum atomic E-state index is 11.3. The van der Waals surface area contributed by atoms with E-state index in [4.69, 9.17) is 11.1 Å². The van der Waals surface area contributed by atoms with E-state index in [-0.39, 0.29) is 11.7 Å². The van der Waals surface area contributed by atoms with Crippen LogP contribution in [0, 0.1) is 5.41 Å². The molecule has 0 aliphatic heterocycles. The van der Waals surface area contributed by atoms with Gasteiger partial charge in [-0.25, -0.2) is 4.98 Å². The number of carbonyl (C=O) groups is 1. The summed E-state index contributed by atoms with van der Waals surface area (Å²) in [6, 6.07) is 15.1. The molecular formula is C19H19N5O.